The van der Waals surface area contributed by atoms with Crippen molar-refractivity contribution in [1.29, 1.82) is 0 Å². The van der Waals surface area contributed by atoms with Crippen LogP contribution in [0.1, 0.15) is 28.3 Å². The zero-order valence-electron chi connectivity index (χ0n) is 15.5. The molecule has 3 rings (SSSR count). The Labute approximate surface area is 154 Å². The van der Waals surface area contributed by atoms with Crippen LogP contribution in [0.2, 0.25) is 0 Å². The molecule has 0 amide bonds. The molecule has 26 heavy (non-hydrogen) atoms. The van der Waals surface area contributed by atoms with Gasteiger partial charge in [-0.25, -0.2) is 13.1 Å². The van der Waals surface area contributed by atoms with Crippen LogP contribution in [-0.4, -0.2) is 29.7 Å². The summed E-state index contributed by atoms with van der Waals surface area (Å²) in [4.78, 5) is 0.243. The Morgan fingerprint density at radius 1 is 1.12 bits per heavy atom. The number of aromatic nitrogens is 3. The van der Waals surface area contributed by atoms with Crippen LogP contribution in [0.25, 0.3) is 5.69 Å². The van der Waals surface area contributed by atoms with Crippen LogP contribution in [0.5, 0.6) is 0 Å². The summed E-state index contributed by atoms with van der Waals surface area (Å²) in [7, 11) is -3.57. The van der Waals surface area contributed by atoms with Crippen molar-refractivity contribution < 1.29 is 8.42 Å². The standard InChI is InChI=1S/C19H24N4O2S/c1-13-12-17(16(4)23(13)18-8-6-5-7-9-18)10-11-20-26(24,25)19-14(2)21-22-15(19)3/h5-9,12,20H,10-11H2,1-4H3,(H,21,22). The number of nitrogens with one attached hydrogen (secondary N) is 2. The molecule has 0 fully saturated rings. The summed E-state index contributed by atoms with van der Waals surface area (Å²) in [6.07, 6.45) is 0.627. The molecule has 138 valence electrons. The first kappa shape index (κ1) is 18.4. The summed E-state index contributed by atoms with van der Waals surface area (Å²) < 4.78 is 29.9. The molecule has 2 heterocycles. The van der Waals surface area contributed by atoms with Gasteiger partial charge in [0.1, 0.15) is 4.90 Å². The number of hydrogen-bond donors (Lipinski definition) is 2. The first-order valence-corrected chi connectivity index (χ1v) is 10.0. The van der Waals surface area contributed by atoms with E-state index in [1.807, 2.05) is 18.2 Å². The van der Waals surface area contributed by atoms with Crippen molar-refractivity contribution >= 4 is 10.0 Å². The van der Waals surface area contributed by atoms with Gasteiger partial charge in [0, 0.05) is 23.6 Å². The second-order valence-electron chi connectivity index (χ2n) is 6.48. The van der Waals surface area contributed by atoms with E-state index >= 15 is 0 Å². The van der Waals surface area contributed by atoms with E-state index in [2.05, 4.69) is 51.5 Å². The molecule has 2 N–H and O–H groups in total. The van der Waals surface area contributed by atoms with E-state index in [0.717, 1.165) is 22.6 Å². The van der Waals surface area contributed by atoms with Gasteiger partial charge < -0.3 is 4.57 Å². The average Bonchev–Trinajstić information content (AvgIpc) is 3.07. The Hall–Kier alpha value is -2.38. The molecule has 6 nitrogen and oxygen atoms in total. The van der Waals surface area contributed by atoms with E-state index in [1.54, 1.807) is 13.8 Å². The predicted molar refractivity (Wildman–Crippen MR) is 102 cm³/mol. The molecule has 7 heteroatoms. The Balaban J connectivity index is 1.75. The van der Waals surface area contributed by atoms with E-state index in [-0.39, 0.29) is 4.90 Å². The summed E-state index contributed by atoms with van der Waals surface area (Å²) in [6.45, 7) is 7.86. The first-order chi connectivity index (χ1) is 12.3. The molecular weight excluding hydrogens is 348 g/mol. The lowest BCUT2D eigenvalue weighted by Crippen LogP contribution is -2.27. The third-order valence-electron chi connectivity index (χ3n) is 4.57. The second kappa shape index (κ2) is 7.09. The average molecular weight is 372 g/mol. The molecule has 0 atom stereocenters. The number of nitrogens with zero attached hydrogens (tertiary/aromatic N) is 2. The van der Waals surface area contributed by atoms with Gasteiger partial charge in [-0.3, -0.25) is 5.10 Å². The summed E-state index contributed by atoms with van der Waals surface area (Å²) in [5.41, 5.74) is 5.54. The monoisotopic (exact) mass is 372 g/mol. The molecule has 2 aromatic heterocycles. The highest BCUT2D eigenvalue weighted by Crippen LogP contribution is 2.21. The maximum atomic E-state index is 12.5. The van der Waals surface area contributed by atoms with Crippen molar-refractivity contribution in [3.05, 3.63) is 64.7 Å². The van der Waals surface area contributed by atoms with Gasteiger partial charge in [-0.05, 0) is 57.9 Å². The van der Waals surface area contributed by atoms with E-state index in [1.165, 1.54) is 0 Å². The SMILES string of the molecule is Cc1n[nH]c(C)c1S(=O)(=O)NCCc1cc(C)n(-c2ccccc2)c1C. The summed E-state index contributed by atoms with van der Waals surface area (Å²) in [5.74, 6) is 0. The van der Waals surface area contributed by atoms with E-state index in [4.69, 9.17) is 0 Å². The summed E-state index contributed by atoms with van der Waals surface area (Å²) in [5, 5.41) is 6.68. The van der Waals surface area contributed by atoms with Gasteiger partial charge in [-0.15, -0.1) is 0 Å². The molecule has 0 spiro atoms. The molecular formula is C19H24N4O2S. The molecule has 0 aliphatic heterocycles. The molecule has 0 aliphatic rings. The fraction of sp³-hybridized carbons (Fsp3) is 0.316. The zero-order valence-corrected chi connectivity index (χ0v) is 16.3. The normalized spacial score (nSPS) is 11.8. The Morgan fingerprint density at radius 2 is 1.81 bits per heavy atom. The number of H-pyrrole nitrogens is 1. The number of rotatable bonds is 6. The molecule has 3 aromatic rings. The van der Waals surface area contributed by atoms with E-state index in [9.17, 15) is 8.42 Å². The number of aromatic amines is 1. The predicted octanol–water partition coefficient (Wildman–Crippen LogP) is 2.96. The zero-order chi connectivity index (χ0) is 18.9. The van der Waals surface area contributed by atoms with E-state index in [0.29, 0.717) is 24.4 Å². The fourth-order valence-electron chi connectivity index (χ4n) is 3.39. The molecule has 0 aliphatic carbocycles. The van der Waals surface area contributed by atoms with Crippen LogP contribution >= 0.6 is 0 Å². The van der Waals surface area contributed by atoms with Gasteiger partial charge in [-0.1, -0.05) is 18.2 Å². The highest BCUT2D eigenvalue weighted by atomic mass is 32.2. The number of hydrogen-bond acceptors (Lipinski definition) is 3. The molecule has 0 saturated heterocycles. The van der Waals surface area contributed by atoms with Crippen LogP contribution in [0.3, 0.4) is 0 Å². The topological polar surface area (TPSA) is 79.8 Å². The molecule has 0 saturated carbocycles. The highest BCUT2D eigenvalue weighted by Gasteiger charge is 2.22. The van der Waals surface area contributed by atoms with Crippen LogP contribution in [0.4, 0.5) is 0 Å². The lowest BCUT2D eigenvalue weighted by Gasteiger charge is -2.10. The van der Waals surface area contributed by atoms with Gasteiger partial charge in [0.2, 0.25) is 10.0 Å². The van der Waals surface area contributed by atoms with Crippen molar-refractivity contribution in [2.45, 2.75) is 39.0 Å². The third-order valence-corrected chi connectivity index (χ3v) is 6.29. The Bertz CT molecular complexity index is 998. The van der Waals surface area contributed by atoms with Crippen molar-refractivity contribution in [1.82, 2.24) is 19.5 Å². The number of aryl methyl sites for hydroxylation is 3. The van der Waals surface area contributed by atoms with Crippen LogP contribution in [-0.2, 0) is 16.4 Å². The van der Waals surface area contributed by atoms with Crippen molar-refractivity contribution in [3.63, 3.8) is 0 Å². The smallest absolute Gasteiger partial charge is 0.244 e. The first-order valence-electron chi connectivity index (χ1n) is 8.55. The van der Waals surface area contributed by atoms with Crippen molar-refractivity contribution in [2.24, 2.45) is 0 Å². The maximum absolute atomic E-state index is 12.5. The highest BCUT2D eigenvalue weighted by molar-refractivity contribution is 7.89. The maximum Gasteiger partial charge on any atom is 0.244 e. The lowest BCUT2D eigenvalue weighted by molar-refractivity contribution is 0.580. The Morgan fingerprint density at radius 3 is 2.42 bits per heavy atom. The van der Waals surface area contributed by atoms with Crippen molar-refractivity contribution in [3.8, 4) is 5.69 Å². The summed E-state index contributed by atoms with van der Waals surface area (Å²) in [6, 6.07) is 12.3. The van der Waals surface area contributed by atoms with Crippen molar-refractivity contribution in [2.75, 3.05) is 6.54 Å². The third kappa shape index (κ3) is 3.45. The summed E-state index contributed by atoms with van der Waals surface area (Å²) >= 11 is 0. The lowest BCUT2D eigenvalue weighted by atomic mass is 10.2. The van der Waals surface area contributed by atoms with Crippen LogP contribution in [0, 0.1) is 27.7 Å². The molecule has 0 bridgehead atoms. The van der Waals surface area contributed by atoms with Gasteiger partial charge >= 0.3 is 0 Å². The van der Waals surface area contributed by atoms with Gasteiger partial charge in [0.15, 0.2) is 0 Å². The van der Waals surface area contributed by atoms with Crippen LogP contribution < -0.4 is 4.72 Å². The minimum absolute atomic E-state index is 0.243. The van der Waals surface area contributed by atoms with Gasteiger partial charge in [0.05, 0.1) is 11.4 Å². The second-order valence-corrected chi connectivity index (χ2v) is 8.18. The fourth-order valence-corrected chi connectivity index (χ4v) is 4.78. The van der Waals surface area contributed by atoms with Gasteiger partial charge in [0.25, 0.3) is 0 Å². The number of benzene rings is 1. The number of para-hydroxylation sites is 1. The minimum Gasteiger partial charge on any atom is -0.318 e. The molecule has 0 unspecified atom stereocenters. The number of sulfonamides is 1. The van der Waals surface area contributed by atoms with Crippen LogP contribution in [0.15, 0.2) is 41.3 Å². The minimum atomic E-state index is -3.57. The molecule has 1 aromatic carbocycles. The quantitative estimate of drug-likeness (QED) is 0.698. The largest absolute Gasteiger partial charge is 0.318 e. The molecule has 0 radical (unpaired) electrons. The van der Waals surface area contributed by atoms with Gasteiger partial charge in [-0.2, -0.15) is 5.10 Å². The van der Waals surface area contributed by atoms with E-state index < -0.39 is 10.0 Å². The Kier molecular flexibility index (Phi) is 5.02.